The first kappa shape index (κ1) is 10.9. The zero-order valence-electron chi connectivity index (χ0n) is 7.87. The number of oxime groups is 1. The Balaban J connectivity index is 3.09. The van der Waals surface area contributed by atoms with E-state index in [0.717, 1.165) is 6.42 Å². The minimum atomic E-state index is 0.0793. The average molecular weight is 214 g/mol. The van der Waals surface area contributed by atoms with E-state index in [1.54, 1.807) is 12.1 Å². The zero-order chi connectivity index (χ0) is 10.6. The van der Waals surface area contributed by atoms with Gasteiger partial charge in [0.1, 0.15) is 5.75 Å². The Hall–Kier alpha value is -1.22. The van der Waals surface area contributed by atoms with E-state index in [0.29, 0.717) is 22.7 Å². The number of phenolic OH excluding ortho intramolecular Hbond substituents is 1. The smallest absolute Gasteiger partial charge is 0.124 e. The normalized spacial score (nSPS) is 11.7. The summed E-state index contributed by atoms with van der Waals surface area (Å²) in [5, 5.41) is 21.9. The highest BCUT2D eigenvalue weighted by molar-refractivity contribution is 6.31. The lowest BCUT2D eigenvalue weighted by molar-refractivity contribution is 0.317. The van der Waals surface area contributed by atoms with Crippen LogP contribution in [0.1, 0.15) is 25.3 Å². The molecule has 0 bridgehead atoms. The first-order chi connectivity index (χ1) is 6.69. The van der Waals surface area contributed by atoms with Gasteiger partial charge in [0.2, 0.25) is 0 Å². The number of halogens is 1. The summed E-state index contributed by atoms with van der Waals surface area (Å²) in [5.41, 5.74) is 0.939. The first-order valence-corrected chi connectivity index (χ1v) is 4.76. The van der Waals surface area contributed by atoms with Crippen molar-refractivity contribution >= 4 is 17.3 Å². The van der Waals surface area contributed by atoms with Crippen molar-refractivity contribution in [2.24, 2.45) is 5.16 Å². The maximum Gasteiger partial charge on any atom is 0.124 e. The molecule has 0 saturated heterocycles. The molecular formula is C10H12ClNO2. The largest absolute Gasteiger partial charge is 0.507 e. The lowest BCUT2D eigenvalue weighted by Gasteiger charge is -2.05. The van der Waals surface area contributed by atoms with Gasteiger partial charge >= 0.3 is 0 Å². The van der Waals surface area contributed by atoms with Crippen molar-refractivity contribution in [2.75, 3.05) is 0 Å². The number of benzene rings is 1. The molecule has 0 saturated carbocycles. The Kier molecular flexibility index (Phi) is 3.77. The number of hydrogen-bond acceptors (Lipinski definition) is 3. The summed E-state index contributed by atoms with van der Waals surface area (Å²) in [6.45, 7) is 1.97. The molecule has 0 fully saturated rings. The number of rotatable bonds is 3. The van der Waals surface area contributed by atoms with Crippen LogP contribution in [-0.4, -0.2) is 16.0 Å². The van der Waals surface area contributed by atoms with Crippen molar-refractivity contribution in [3.63, 3.8) is 0 Å². The van der Waals surface area contributed by atoms with Gasteiger partial charge in [-0.05, 0) is 24.6 Å². The Morgan fingerprint density at radius 1 is 1.50 bits per heavy atom. The van der Waals surface area contributed by atoms with Crippen LogP contribution < -0.4 is 0 Å². The van der Waals surface area contributed by atoms with Gasteiger partial charge in [0.25, 0.3) is 0 Å². The maximum atomic E-state index is 9.51. The van der Waals surface area contributed by atoms with Gasteiger partial charge in [0, 0.05) is 10.6 Å². The fraction of sp³-hybridized carbons (Fsp3) is 0.300. The SMILES string of the molecule is CCC/C(=N\O)c1cc(Cl)ccc1O. The second kappa shape index (κ2) is 4.86. The molecule has 1 aromatic carbocycles. The van der Waals surface area contributed by atoms with E-state index < -0.39 is 0 Å². The van der Waals surface area contributed by atoms with Gasteiger partial charge in [-0.1, -0.05) is 30.1 Å². The van der Waals surface area contributed by atoms with Gasteiger partial charge in [0.05, 0.1) is 5.71 Å². The molecule has 0 radical (unpaired) electrons. The summed E-state index contributed by atoms with van der Waals surface area (Å²) < 4.78 is 0. The van der Waals surface area contributed by atoms with Crippen molar-refractivity contribution < 1.29 is 10.3 Å². The van der Waals surface area contributed by atoms with Crippen LogP contribution in [0.2, 0.25) is 5.02 Å². The van der Waals surface area contributed by atoms with E-state index in [1.807, 2.05) is 6.92 Å². The lowest BCUT2D eigenvalue weighted by Crippen LogP contribution is -2.00. The molecule has 76 valence electrons. The molecule has 0 unspecified atom stereocenters. The van der Waals surface area contributed by atoms with Crippen LogP contribution in [0.3, 0.4) is 0 Å². The second-order valence-electron chi connectivity index (χ2n) is 2.96. The quantitative estimate of drug-likeness (QED) is 0.461. The summed E-state index contributed by atoms with van der Waals surface area (Å²) in [6, 6.07) is 4.65. The predicted octanol–water partition coefficient (Wildman–Crippen LogP) is 3.02. The molecule has 0 aliphatic heterocycles. The lowest BCUT2D eigenvalue weighted by atomic mass is 10.1. The number of phenols is 1. The fourth-order valence-electron chi connectivity index (χ4n) is 1.21. The maximum absolute atomic E-state index is 9.51. The molecule has 0 aromatic heterocycles. The highest BCUT2D eigenvalue weighted by Gasteiger charge is 2.09. The highest BCUT2D eigenvalue weighted by atomic mass is 35.5. The van der Waals surface area contributed by atoms with Crippen molar-refractivity contribution in [2.45, 2.75) is 19.8 Å². The van der Waals surface area contributed by atoms with Gasteiger partial charge in [-0.25, -0.2) is 0 Å². The average Bonchev–Trinajstić information content (AvgIpc) is 2.18. The van der Waals surface area contributed by atoms with Gasteiger partial charge in [-0.2, -0.15) is 0 Å². The Morgan fingerprint density at radius 3 is 2.79 bits per heavy atom. The van der Waals surface area contributed by atoms with E-state index in [1.165, 1.54) is 6.07 Å². The zero-order valence-corrected chi connectivity index (χ0v) is 8.62. The van der Waals surface area contributed by atoms with Gasteiger partial charge in [-0.3, -0.25) is 0 Å². The second-order valence-corrected chi connectivity index (χ2v) is 3.39. The fourth-order valence-corrected chi connectivity index (χ4v) is 1.39. The summed E-state index contributed by atoms with van der Waals surface area (Å²) in [6.07, 6.45) is 1.44. The van der Waals surface area contributed by atoms with Crippen LogP contribution in [0.4, 0.5) is 0 Å². The summed E-state index contributed by atoms with van der Waals surface area (Å²) >= 11 is 5.77. The summed E-state index contributed by atoms with van der Waals surface area (Å²) in [7, 11) is 0. The van der Waals surface area contributed by atoms with Crippen LogP contribution in [0, 0.1) is 0 Å². The van der Waals surface area contributed by atoms with Crippen LogP contribution in [0.25, 0.3) is 0 Å². The third-order valence-electron chi connectivity index (χ3n) is 1.88. The summed E-state index contributed by atoms with van der Waals surface area (Å²) in [5.74, 6) is 0.0793. The van der Waals surface area contributed by atoms with E-state index in [2.05, 4.69) is 5.16 Å². The minimum Gasteiger partial charge on any atom is -0.507 e. The molecular weight excluding hydrogens is 202 g/mol. The van der Waals surface area contributed by atoms with Gasteiger partial charge in [-0.15, -0.1) is 0 Å². The Labute approximate surface area is 87.6 Å². The van der Waals surface area contributed by atoms with Crippen LogP contribution >= 0.6 is 11.6 Å². The molecule has 2 N–H and O–H groups in total. The van der Waals surface area contributed by atoms with Crippen LogP contribution in [0.5, 0.6) is 5.75 Å². The van der Waals surface area contributed by atoms with Crippen LogP contribution in [0.15, 0.2) is 23.4 Å². The predicted molar refractivity (Wildman–Crippen MR) is 56.3 cm³/mol. The third-order valence-corrected chi connectivity index (χ3v) is 2.11. The molecule has 14 heavy (non-hydrogen) atoms. The molecule has 1 rings (SSSR count). The van der Waals surface area contributed by atoms with Crippen molar-refractivity contribution in [3.8, 4) is 5.75 Å². The highest BCUT2D eigenvalue weighted by Crippen LogP contribution is 2.23. The standard InChI is InChI=1S/C10H12ClNO2/c1-2-3-9(12-14)8-6-7(11)4-5-10(8)13/h4-6,13-14H,2-3H2,1H3/b12-9+. The molecule has 1 aromatic rings. The Bertz CT molecular complexity index is 350. The first-order valence-electron chi connectivity index (χ1n) is 4.38. The molecule has 3 nitrogen and oxygen atoms in total. The van der Waals surface area contributed by atoms with Gasteiger partial charge in [0.15, 0.2) is 0 Å². The number of aromatic hydroxyl groups is 1. The molecule has 0 atom stereocenters. The monoisotopic (exact) mass is 213 g/mol. The minimum absolute atomic E-state index is 0.0793. The molecule has 0 aliphatic rings. The van der Waals surface area contributed by atoms with Crippen LogP contribution in [-0.2, 0) is 0 Å². The number of nitrogens with zero attached hydrogens (tertiary/aromatic N) is 1. The van der Waals surface area contributed by atoms with E-state index in [9.17, 15) is 5.11 Å². The molecule has 0 heterocycles. The molecule has 0 spiro atoms. The van der Waals surface area contributed by atoms with Crippen molar-refractivity contribution in [3.05, 3.63) is 28.8 Å². The molecule has 4 heteroatoms. The van der Waals surface area contributed by atoms with Gasteiger partial charge < -0.3 is 10.3 Å². The number of hydrogen-bond donors (Lipinski definition) is 2. The Morgan fingerprint density at radius 2 is 2.21 bits per heavy atom. The topological polar surface area (TPSA) is 52.8 Å². The van der Waals surface area contributed by atoms with E-state index in [-0.39, 0.29) is 5.75 Å². The van der Waals surface area contributed by atoms with E-state index >= 15 is 0 Å². The van der Waals surface area contributed by atoms with Crippen molar-refractivity contribution in [1.82, 2.24) is 0 Å². The van der Waals surface area contributed by atoms with E-state index in [4.69, 9.17) is 16.8 Å². The molecule has 0 amide bonds. The summed E-state index contributed by atoms with van der Waals surface area (Å²) in [4.78, 5) is 0. The van der Waals surface area contributed by atoms with Crippen molar-refractivity contribution in [1.29, 1.82) is 0 Å². The third kappa shape index (κ3) is 2.39. The molecule has 0 aliphatic carbocycles.